The molecule has 1 rings (SSSR count). The van der Waals surface area contributed by atoms with Crippen LogP contribution in [-0.2, 0) is 9.59 Å². The highest BCUT2D eigenvalue weighted by atomic mass is 35.5. The van der Waals surface area contributed by atoms with E-state index in [2.05, 4.69) is 10.6 Å². The smallest absolute Gasteiger partial charge is 0.238 e. The number of likely N-dealkylation sites (N-methyl/N-ethyl adjacent to an activating group) is 1. The summed E-state index contributed by atoms with van der Waals surface area (Å²) in [6, 6.07) is 5.36. The number of halogens is 1. The largest absolute Gasteiger partial charge is 0.350 e. The van der Waals surface area contributed by atoms with Gasteiger partial charge in [-0.15, -0.1) is 0 Å². The second-order valence-corrected chi connectivity index (χ2v) is 7.03. The summed E-state index contributed by atoms with van der Waals surface area (Å²) in [5, 5.41) is 6.41. The van der Waals surface area contributed by atoms with Crippen LogP contribution < -0.4 is 10.6 Å². The minimum atomic E-state index is -0.239. The fraction of sp³-hybridized carbons (Fsp3) is 0.556. The van der Waals surface area contributed by atoms with Crippen LogP contribution in [0, 0.1) is 6.92 Å². The Balaban J connectivity index is 2.60. The van der Waals surface area contributed by atoms with E-state index in [1.165, 1.54) is 0 Å². The van der Waals surface area contributed by atoms with Crippen LogP contribution in [0.2, 0.25) is 5.02 Å². The Morgan fingerprint density at radius 2 is 1.79 bits per heavy atom. The number of benzene rings is 1. The van der Waals surface area contributed by atoms with Crippen molar-refractivity contribution in [3.8, 4) is 0 Å². The molecule has 0 atom stereocenters. The fourth-order valence-electron chi connectivity index (χ4n) is 2.11. The Morgan fingerprint density at radius 1 is 1.17 bits per heavy atom. The van der Waals surface area contributed by atoms with E-state index in [1.807, 2.05) is 40.7 Å². The zero-order chi connectivity index (χ0) is 18.3. The molecule has 1 aromatic carbocycles. The van der Waals surface area contributed by atoms with Gasteiger partial charge in [0.05, 0.1) is 13.1 Å². The molecule has 0 heterocycles. The highest BCUT2D eigenvalue weighted by Gasteiger charge is 2.20. The van der Waals surface area contributed by atoms with E-state index in [1.54, 1.807) is 17.0 Å². The molecule has 0 radical (unpaired) electrons. The van der Waals surface area contributed by atoms with Gasteiger partial charge in [0, 0.05) is 16.2 Å². The first-order chi connectivity index (χ1) is 11.2. The summed E-state index contributed by atoms with van der Waals surface area (Å²) in [5.74, 6) is -0.236. The molecule has 0 saturated heterocycles. The first-order valence-corrected chi connectivity index (χ1v) is 8.64. The van der Waals surface area contributed by atoms with Crippen LogP contribution in [0.4, 0.5) is 5.69 Å². The second-order valence-electron chi connectivity index (χ2n) is 6.60. The lowest BCUT2D eigenvalue weighted by molar-refractivity contribution is -0.124. The number of aryl methyl sites for hydroxylation is 1. The van der Waals surface area contributed by atoms with Gasteiger partial charge in [-0.3, -0.25) is 14.5 Å². The number of nitrogens with one attached hydrogen (secondary N) is 2. The van der Waals surface area contributed by atoms with Gasteiger partial charge in [0.2, 0.25) is 11.8 Å². The maximum atomic E-state index is 12.2. The van der Waals surface area contributed by atoms with Crippen molar-refractivity contribution in [1.29, 1.82) is 0 Å². The van der Waals surface area contributed by atoms with Gasteiger partial charge in [0.15, 0.2) is 0 Å². The molecular weight excluding hydrogens is 326 g/mol. The van der Waals surface area contributed by atoms with Gasteiger partial charge in [0.1, 0.15) is 0 Å². The minimum Gasteiger partial charge on any atom is -0.350 e. The first-order valence-electron chi connectivity index (χ1n) is 8.26. The van der Waals surface area contributed by atoms with Gasteiger partial charge < -0.3 is 10.6 Å². The number of hydrogen-bond acceptors (Lipinski definition) is 3. The van der Waals surface area contributed by atoms with E-state index in [9.17, 15) is 9.59 Å². The summed E-state index contributed by atoms with van der Waals surface area (Å²) >= 11 is 5.96. The van der Waals surface area contributed by atoms with E-state index in [-0.39, 0.29) is 30.4 Å². The maximum Gasteiger partial charge on any atom is 0.238 e. The predicted octanol–water partition coefficient (Wildman–Crippen LogP) is 3.21. The van der Waals surface area contributed by atoms with E-state index < -0.39 is 0 Å². The summed E-state index contributed by atoms with van der Waals surface area (Å²) in [7, 11) is 0. The Labute approximate surface area is 149 Å². The molecule has 5 nitrogen and oxygen atoms in total. The third-order valence-electron chi connectivity index (χ3n) is 4.02. The zero-order valence-electron chi connectivity index (χ0n) is 15.2. The molecule has 2 N–H and O–H groups in total. The first kappa shape index (κ1) is 20.5. The Bertz CT molecular complexity index is 588. The standard InChI is InChI=1S/C18H28ClN3O2/c1-6-18(4,5)21-17(24)12-22(7-2)11-16(23)20-15-10-14(19)9-8-13(15)3/h8-10H,6-7,11-12H2,1-5H3,(H,20,23)(H,21,24). The SMILES string of the molecule is CCN(CC(=O)Nc1cc(Cl)ccc1C)CC(=O)NC(C)(C)CC. The summed E-state index contributed by atoms with van der Waals surface area (Å²) in [6.45, 7) is 10.8. The Kier molecular flexibility index (Phi) is 7.70. The molecule has 0 saturated carbocycles. The lowest BCUT2D eigenvalue weighted by Crippen LogP contribution is -2.48. The van der Waals surface area contributed by atoms with E-state index >= 15 is 0 Å². The van der Waals surface area contributed by atoms with Crippen molar-refractivity contribution < 1.29 is 9.59 Å². The second kappa shape index (κ2) is 9.04. The molecule has 1 aromatic rings. The third-order valence-corrected chi connectivity index (χ3v) is 4.25. The zero-order valence-corrected chi connectivity index (χ0v) is 16.0. The molecule has 24 heavy (non-hydrogen) atoms. The van der Waals surface area contributed by atoms with Crippen molar-refractivity contribution >= 4 is 29.1 Å². The lowest BCUT2D eigenvalue weighted by atomic mass is 10.0. The van der Waals surface area contributed by atoms with Crippen molar-refractivity contribution in [1.82, 2.24) is 10.2 Å². The van der Waals surface area contributed by atoms with Crippen LogP contribution >= 0.6 is 11.6 Å². The highest BCUT2D eigenvalue weighted by Crippen LogP contribution is 2.20. The van der Waals surface area contributed by atoms with Crippen molar-refractivity contribution in [2.75, 3.05) is 25.0 Å². The van der Waals surface area contributed by atoms with Crippen molar-refractivity contribution in [2.24, 2.45) is 0 Å². The molecule has 0 spiro atoms. The topological polar surface area (TPSA) is 61.4 Å². The number of carbonyl (C=O) groups excluding carboxylic acids is 2. The minimum absolute atomic E-state index is 0.0737. The van der Waals surface area contributed by atoms with Crippen molar-refractivity contribution in [3.05, 3.63) is 28.8 Å². The monoisotopic (exact) mass is 353 g/mol. The van der Waals surface area contributed by atoms with Crippen LogP contribution in [-0.4, -0.2) is 41.9 Å². The normalized spacial score (nSPS) is 11.5. The molecule has 6 heteroatoms. The molecule has 0 aliphatic heterocycles. The van der Waals surface area contributed by atoms with Gasteiger partial charge in [-0.1, -0.05) is 31.5 Å². The van der Waals surface area contributed by atoms with E-state index in [4.69, 9.17) is 11.6 Å². The number of anilines is 1. The van der Waals surface area contributed by atoms with Gasteiger partial charge in [-0.2, -0.15) is 0 Å². The van der Waals surface area contributed by atoms with Gasteiger partial charge in [-0.05, 0) is 51.4 Å². The maximum absolute atomic E-state index is 12.2. The van der Waals surface area contributed by atoms with Crippen molar-refractivity contribution in [3.63, 3.8) is 0 Å². The summed E-state index contributed by atoms with van der Waals surface area (Å²) < 4.78 is 0. The molecular formula is C18H28ClN3O2. The van der Waals surface area contributed by atoms with Gasteiger partial charge >= 0.3 is 0 Å². The number of hydrogen-bond donors (Lipinski definition) is 2. The molecule has 0 bridgehead atoms. The Morgan fingerprint density at radius 3 is 2.38 bits per heavy atom. The lowest BCUT2D eigenvalue weighted by Gasteiger charge is -2.27. The molecule has 134 valence electrons. The molecule has 0 aromatic heterocycles. The number of carbonyl (C=O) groups is 2. The van der Waals surface area contributed by atoms with Crippen LogP contribution in [0.25, 0.3) is 0 Å². The quantitative estimate of drug-likeness (QED) is 0.754. The Hall–Kier alpha value is -1.59. The summed E-state index contributed by atoms with van der Waals surface area (Å²) in [5.41, 5.74) is 1.40. The predicted molar refractivity (Wildman–Crippen MR) is 99.4 cm³/mol. The number of amides is 2. The summed E-state index contributed by atoms with van der Waals surface area (Å²) in [6.07, 6.45) is 0.847. The van der Waals surface area contributed by atoms with E-state index in [0.717, 1.165) is 12.0 Å². The average Bonchev–Trinajstić information content (AvgIpc) is 2.49. The van der Waals surface area contributed by atoms with Crippen LogP contribution in [0.5, 0.6) is 0 Å². The molecule has 0 aliphatic carbocycles. The highest BCUT2D eigenvalue weighted by molar-refractivity contribution is 6.31. The molecule has 2 amide bonds. The van der Waals surface area contributed by atoms with Crippen LogP contribution in [0.3, 0.4) is 0 Å². The van der Waals surface area contributed by atoms with E-state index in [0.29, 0.717) is 17.3 Å². The number of nitrogens with zero attached hydrogens (tertiary/aromatic N) is 1. The third kappa shape index (κ3) is 6.89. The van der Waals surface area contributed by atoms with Crippen LogP contribution in [0.15, 0.2) is 18.2 Å². The van der Waals surface area contributed by atoms with Gasteiger partial charge in [0.25, 0.3) is 0 Å². The fourth-order valence-corrected chi connectivity index (χ4v) is 2.28. The van der Waals surface area contributed by atoms with Gasteiger partial charge in [-0.25, -0.2) is 0 Å². The molecule has 0 aliphatic rings. The van der Waals surface area contributed by atoms with Crippen molar-refractivity contribution in [2.45, 2.75) is 46.6 Å². The number of rotatable bonds is 8. The average molecular weight is 354 g/mol. The molecule has 0 fully saturated rings. The van der Waals surface area contributed by atoms with Crippen LogP contribution in [0.1, 0.15) is 39.7 Å². The summed E-state index contributed by atoms with van der Waals surface area (Å²) in [4.78, 5) is 26.2. The molecule has 0 unspecified atom stereocenters.